The lowest BCUT2D eigenvalue weighted by molar-refractivity contribution is -0.136. The van der Waals surface area contributed by atoms with Gasteiger partial charge in [-0.05, 0) is 23.3 Å². The number of ether oxygens (including phenoxy) is 1. The lowest BCUT2D eigenvalue weighted by Gasteiger charge is -2.26. The van der Waals surface area contributed by atoms with Gasteiger partial charge in [0.2, 0.25) is 0 Å². The standard InChI is InChI=1S/C18H13BrO3S/c1-22-18(21)16-14(10-20)13-8-7-12(19)9-15(13)23-17(16)11-5-3-2-4-6-11/h2-10,14H,1H3. The predicted molar refractivity (Wildman–Crippen MR) is 94.2 cm³/mol. The van der Waals surface area contributed by atoms with E-state index in [1.165, 1.54) is 18.9 Å². The average molecular weight is 389 g/mol. The Labute approximate surface area is 146 Å². The zero-order chi connectivity index (χ0) is 16.4. The average Bonchev–Trinajstić information content (AvgIpc) is 2.59. The lowest BCUT2D eigenvalue weighted by Crippen LogP contribution is -2.19. The number of esters is 1. The van der Waals surface area contributed by atoms with Crippen LogP contribution in [0.2, 0.25) is 0 Å². The van der Waals surface area contributed by atoms with E-state index in [4.69, 9.17) is 4.74 Å². The lowest BCUT2D eigenvalue weighted by atomic mass is 9.90. The number of fused-ring (bicyclic) bond motifs is 1. The summed E-state index contributed by atoms with van der Waals surface area (Å²) in [6.07, 6.45) is 0.807. The van der Waals surface area contributed by atoms with E-state index in [0.717, 1.165) is 31.7 Å². The molecule has 0 saturated heterocycles. The van der Waals surface area contributed by atoms with Gasteiger partial charge in [-0.25, -0.2) is 4.79 Å². The summed E-state index contributed by atoms with van der Waals surface area (Å²) >= 11 is 4.94. The number of methoxy groups -OCH3 is 1. The van der Waals surface area contributed by atoms with Gasteiger partial charge in [0, 0.05) is 14.3 Å². The highest BCUT2D eigenvalue weighted by Gasteiger charge is 2.34. The summed E-state index contributed by atoms with van der Waals surface area (Å²) in [6, 6.07) is 15.3. The van der Waals surface area contributed by atoms with Gasteiger partial charge in [0.1, 0.15) is 6.29 Å². The minimum absolute atomic E-state index is 0.397. The Morgan fingerprint density at radius 3 is 2.61 bits per heavy atom. The molecule has 0 aromatic heterocycles. The summed E-state index contributed by atoms with van der Waals surface area (Å²) in [4.78, 5) is 25.8. The Kier molecular flexibility index (Phi) is 4.68. The largest absolute Gasteiger partial charge is 0.466 e. The van der Waals surface area contributed by atoms with Crippen LogP contribution in [0.25, 0.3) is 4.91 Å². The Balaban J connectivity index is 2.24. The molecule has 1 aliphatic rings. The van der Waals surface area contributed by atoms with E-state index in [1.54, 1.807) is 0 Å². The third-order valence-electron chi connectivity index (χ3n) is 3.66. The molecular weight excluding hydrogens is 376 g/mol. The van der Waals surface area contributed by atoms with Crippen molar-refractivity contribution in [3.8, 4) is 0 Å². The second-order valence-electron chi connectivity index (χ2n) is 5.00. The van der Waals surface area contributed by atoms with Crippen molar-refractivity contribution in [2.45, 2.75) is 10.8 Å². The SMILES string of the molecule is COC(=O)C1=C(c2ccccc2)Sc2cc(Br)ccc2C1C=O. The van der Waals surface area contributed by atoms with Crippen molar-refractivity contribution in [3.05, 3.63) is 69.7 Å². The summed E-state index contributed by atoms with van der Waals surface area (Å²) in [5, 5.41) is 0. The minimum Gasteiger partial charge on any atom is -0.466 e. The smallest absolute Gasteiger partial charge is 0.335 e. The monoisotopic (exact) mass is 388 g/mol. The molecule has 23 heavy (non-hydrogen) atoms. The fourth-order valence-electron chi connectivity index (χ4n) is 2.59. The Bertz CT molecular complexity index is 799. The van der Waals surface area contributed by atoms with Crippen LogP contribution in [0.5, 0.6) is 0 Å². The van der Waals surface area contributed by atoms with Crippen LogP contribution in [0.4, 0.5) is 0 Å². The van der Waals surface area contributed by atoms with Gasteiger partial charge in [-0.15, -0.1) is 0 Å². The fraction of sp³-hybridized carbons (Fsp3) is 0.111. The maximum absolute atomic E-state index is 12.3. The Morgan fingerprint density at radius 1 is 1.22 bits per heavy atom. The molecule has 1 heterocycles. The second kappa shape index (κ2) is 6.72. The maximum atomic E-state index is 12.3. The van der Waals surface area contributed by atoms with E-state index in [-0.39, 0.29) is 0 Å². The van der Waals surface area contributed by atoms with Crippen molar-refractivity contribution in [1.82, 2.24) is 0 Å². The van der Waals surface area contributed by atoms with Gasteiger partial charge in [-0.1, -0.05) is 64.1 Å². The molecule has 2 aromatic carbocycles. The number of benzene rings is 2. The van der Waals surface area contributed by atoms with Crippen LogP contribution in [0.1, 0.15) is 17.0 Å². The normalized spacial score (nSPS) is 16.7. The van der Waals surface area contributed by atoms with Crippen molar-refractivity contribution in [1.29, 1.82) is 0 Å². The first kappa shape index (κ1) is 16.0. The first-order chi connectivity index (χ1) is 11.2. The van der Waals surface area contributed by atoms with Crippen LogP contribution in [0.3, 0.4) is 0 Å². The molecule has 0 spiro atoms. The fourth-order valence-corrected chi connectivity index (χ4v) is 4.40. The molecule has 1 atom stereocenters. The van der Waals surface area contributed by atoms with Gasteiger partial charge < -0.3 is 9.53 Å². The van der Waals surface area contributed by atoms with Crippen LogP contribution < -0.4 is 0 Å². The van der Waals surface area contributed by atoms with E-state index < -0.39 is 11.9 Å². The van der Waals surface area contributed by atoms with Crippen LogP contribution in [-0.2, 0) is 14.3 Å². The van der Waals surface area contributed by atoms with Gasteiger partial charge in [-0.3, -0.25) is 0 Å². The van der Waals surface area contributed by atoms with Crippen molar-refractivity contribution >= 4 is 44.9 Å². The topological polar surface area (TPSA) is 43.4 Å². The molecule has 3 nitrogen and oxygen atoms in total. The molecule has 1 unspecified atom stereocenters. The molecule has 0 aliphatic carbocycles. The molecular formula is C18H13BrO3S. The summed E-state index contributed by atoms with van der Waals surface area (Å²) in [7, 11) is 1.33. The highest BCUT2D eigenvalue weighted by molar-refractivity contribution is 9.10. The first-order valence-corrected chi connectivity index (χ1v) is 8.57. The first-order valence-electron chi connectivity index (χ1n) is 6.96. The molecule has 0 saturated carbocycles. The molecule has 0 N–H and O–H groups in total. The summed E-state index contributed by atoms with van der Waals surface area (Å²) < 4.78 is 5.87. The van der Waals surface area contributed by atoms with Gasteiger partial charge in [0.05, 0.1) is 18.6 Å². The number of rotatable bonds is 3. The highest BCUT2D eigenvalue weighted by atomic mass is 79.9. The highest BCUT2D eigenvalue weighted by Crippen LogP contribution is 2.49. The quantitative estimate of drug-likeness (QED) is 0.576. The van der Waals surface area contributed by atoms with E-state index >= 15 is 0 Å². The Hall–Kier alpha value is -1.85. The van der Waals surface area contributed by atoms with E-state index in [2.05, 4.69) is 15.9 Å². The molecule has 2 aromatic rings. The predicted octanol–water partition coefficient (Wildman–Crippen LogP) is 4.42. The third kappa shape index (κ3) is 2.99. The van der Waals surface area contributed by atoms with Crippen molar-refractivity contribution in [2.24, 2.45) is 0 Å². The van der Waals surface area contributed by atoms with Crippen LogP contribution in [0.15, 0.2) is 63.5 Å². The number of aldehydes is 1. The maximum Gasteiger partial charge on any atom is 0.335 e. The van der Waals surface area contributed by atoms with Gasteiger partial charge in [-0.2, -0.15) is 0 Å². The number of carbonyl (C=O) groups is 2. The number of hydrogen-bond donors (Lipinski definition) is 0. The molecule has 3 rings (SSSR count). The van der Waals surface area contributed by atoms with Gasteiger partial charge in [0.15, 0.2) is 0 Å². The van der Waals surface area contributed by atoms with Gasteiger partial charge >= 0.3 is 5.97 Å². The second-order valence-corrected chi connectivity index (χ2v) is 6.97. The molecule has 116 valence electrons. The molecule has 0 fully saturated rings. The summed E-state index contributed by atoms with van der Waals surface area (Å²) in [6.45, 7) is 0. The number of thioether (sulfide) groups is 1. The summed E-state index contributed by atoms with van der Waals surface area (Å²) in [5.41, 5.74) is 2.12. The van der Waals surface area contributed by atoms with Crippen molar-refractivity contribution in [3.63, 3.8) is 0 Å². The number of hydrogen-bond acceptors (Lipinski definition) is 4. The number of carbonyl (C=O) groups excluding carboxylic acids is 2. The molecule has 1 aliphatic heterocycles. The number of halogens is 1. The zero-order valence-corrected chi connectivity index (χ0v) is 14.7. The van der Waals surface area contributed by atoms with Crippen LogP contribution in [0, 0.1) is 0 Å². The molecule has 0 bridgehead atoms. The van der Waals surface area contributed by atoms with Gasteiger partial charge in [0.25, 0.3) is 0 Å². The van der Waals surface area contributed by atoms with Crippen LogP contribution in [-0.4, -0.2) is 19.4 Å². The molecule has 5 heteroatoms. The third-order valence-corrected chi connectivity index (χ3v) is 5.38. The summed E-state index contributed by atoms with van der Waals surface area (Å²) in [5.74, 6) is -1.09. The van der Waals surface area contributed by atoms with Crippen LogP contribution >= 0.6 is 27.7 Å². The Morgan fingerprint density at radius 2 is 1.96 bits per heavy atom. The van der Waals surface area contributed by atoms with Crippen molar-refractivity contribution < 1.29 is 14.3 Å². The minimum atomic E-state index is -0.623. The molecule has 0 amide bonds. The van der Waals surface area contributed by atoms with E-state index in [9.17, 15) is 9.59 Å². The van der Waals surface area contributed by atoms with E-state index in [0.29, 0.717) is 5.57 Å². The van der Waals surface area contributed by atoms with E-state index in [1.807, 2.05) is 48.5 Å². The van der Waals surface area contributed by atoms with Crippen molar-refractivity contribution in [2.75, 3.05) is 7.11 Å². The zero-order valence-electron chi connectivity index (χ0n) is 12.3. The molecule has 0 radical (unpaired) electrons.